The Balaban J connectivity index is 1.67. The van der Waals surface area contributed by atoms with Crippen LogP contribution in [0.5, 0.6) is 5.75 Å². The monoisotopic (exact) mass is 609 g/mol. The molecule has 0 radical (unpaired) electrons. The lowest BCUT2D eigenvalue weighted by molar-refractivity contribution is -0.181. The molecule has 0 spiro atoms. The third kappa shape index (κ3) is 4.61. The number of hydrogen-bond donors (Lipinski definition) is 3. The van der Waals surface area contributed by atoms with Crippen LogP contribution in [0, 0.1) is 23.7 Å². The highest BCUT2D eigenvalue weighted by molar-refractivity contribution is 6.32. The van der Waals surface area contributed by atoms with Crippen LogP contribution in [0.3, 0.4) is 0 Å². The highest BCUT2D eigenvalue weighted by Gasteiger charge is 2.69. The number of fused-ring (bicyclic) bond motifs is 3. The molecule has 7 unspecified atom stereocenters. The lowest BCUT2D eigenvalue weighted by Gasteiger charge is -2.52. The number of aromatic hydroxyl groups is 1. The van der Waals surface area contributed by atoms with Crippen molar-refractivity contribution in [1.29, 1.82) is 0 Å². The molecule has 5 rings (SSSR count). The van der Waals surface area contributed by atoms with Crippen LogP contribution in [0.4, 0.5) is 13.2 Å². The van der Waals surface area contributed by atoms with Crippen LogP contribution in [0.2, 0.25) is 0 Å². The van der Waals surface area contributed by atoms with Crippen LogP contribution < -0.4 is 5.73 Å². The SMILES string of the molecule is CCCN1CCOCC1c1cc(O)c2c(c1C(F)(F)F)CC1CC3C(N(C)C)C(=O)C(C(N)=O)C(=O)C3(O)C(=O)C1C2=O. The Morgan fingerprint density at radius 1 is 1.21 bits per heavy atom. The third-order valence-electron chi connectivity index (χ3n) is 9.49. The third-order valence-corrected chi connectivity index (χ3v) is 9.49. The molecule has 4 aliphatic rings. The molecule has 234 valence electrons. The number of phenols is 1. The highest BCUT2D eigenvalue weighted by atomic mass is 19.4. The maximum Gasteiger partial charge on any atom is 0.417 e. The van der Waals surface area contributed by atoms with Gasteiger partial charge in [-0.1, -0.05) is 6.92 Å². The van der Waals surface area contributed by atoms with Crippen molar-refractivity contribution >= 4 is 29.0 Å². The first-order chi connectivity index (χ1) is 20.1. The van der Waals surface area contributed by atoms with E-state index in [1.54, 1.807) is 0 Å². The first kappa shape index (κ1) is 31.2. The smallest absolute Gasteiger partial charge is 0.417 e. The van der Waals surface area contributed by atoms with E-state index in [2.05, 4.69) is 0 Å². The van der Waals surface area contributed by atoms with E-state index < -0.39 is 105 Å². The van der Waals surface area contributed by atoms with Crippen LogP contribution in [0.1, 0.15) is 52.9 Å². The molecule has 2 saturated carbocycles. The maximum absolute atomic E-state index is 14.9. The van der Waals surface area contributed by atoms with Crippen LogP contribution >= 0.6 is 0 Å². The van der Waals surface area contributed by atoms with Gasteiger partial charge in [0.15, 0.2) is 34.7 Å². The number of halogens is 3. The minimum Gasteiger partial charge on any atom is -0.507 e. The zero-order chi connectivity index (χ0) is 31.8. The Morgan fingerprint density at radius 3 is 2.47 bits per heavy atom. The lowest BCUT2D eigenvalue weighted by atomic mass is 9.52. The number of primary amides is 1. The minimum atomic E-state index is -4.95. The zero-order valence-corrected chi connectivity index (χ0v) is 23.9. The fourth-order valence-corrected chi connectivity index (χ4v) is 7.78. The summed E-state index contributed by atoms with van der Waals surface area (Å²) in [6.07, 6.45) is -5.12. The van der Waals surface area contributed by atoms with Crippen LogP contribution in [-0.2, 0) is 36.5 Å². The van der Waals surface area contributed by atoms with E-state index >= 15 is 0 Å². The van der Waals surface area contributed by atoms with Gasteiger partial charge >= 0.3 is 6.18 Å². The van der Waals surface area contributed by atoms with Gasteiger partial charge in [-0.3, -0.25) is 33.8 Å². The Morgan fingerprint density at radius 2 is 1.88 bits per heavy atom. The Kier molecular flexibility index (Phi) is 7.81. The molecule has 1 aromatic carbocycles. The number of carbonyl (C=O) groups is 5. The van der Waals surface area contributed by atoms with Crippen molar-refractivity contribution in [2.75, 3.05) is 40.4 Å². The fraction of sp³-hybridized carbons (Fsp3) is 0.621. The summed E-state index contributed by atoms with van der Waals surface area (Å²) in [5, 5.41) is 22.7. The fourth-order valence-electron chi connectivity index (χ4n) is 7.78. The average Bonchev–Trinajstić information content (AvgIpc) is 2.89. The number of hydrogen-bond acceptors (Lipinski definition) is 10. The number of carbonyl (C=O) groups excluding carboxylic acids is 5. The van der Waals surface area contributed by atoms with Gasteiger partial charge in [0, 0.05) is 12.5 Å². The summed E-state index contributed by atoms with van der Waals surface area (Å²) in [5.41, 5.74) is -0.167. The number of Topliss-reactive ketones (excluding diaryl/α,β-unsaturated/α-hetero) is 4. The Labute approximate surface area is 245 Å². The summed E-state index contributed by atoms with van der Waals surface area (Å²) in [5.74, 6) is -13.5. The molecule has 4 N–H and O–H groups in total. The molecule has 0 aromatic heterocycles. The van der Waals surface area contributed by atoms with Crippen molar-refractivity contribution in [2.24, 2.45) is 29.4 Å². The molecule has 7 atom stereocenters. The molecule has 1 amide bonds. The zero-order valence-electron chi connectivity index (χ0n) is 23.9. The van der Waals surface area contributed by atoms with Gasteiger partial charge in [-0.25, -0.2) is 0 Å². The van der Waals surface area contributed by atoms with E-state index in [1.165, 1.54) is 19.0 Å². The van der Waals surface area contributed by atoms with Crippen molar-refractivity contribution in [3.63, 3.8) is 0 Å². The summed E-state index contributed by atoms with van der Waals surface area (Å²) in [6, 6.07) is -1.32. The minimum absolute atomic E-state index is 0.0648. The Hall–Kier alpha value is -3.20. The van der Waals surface area contributed by atoms with Crippen molar-refractivity contribution < 1.29 is 52.1 Å². The largest absolute Gasteiger partial charge is 0.507 e. The molecule has 3 fully saturated rings. The van der Waals surface area contributed by atoms with Crippen molar-refractivity contribution in [2.45, 2.75) is 50.0 Å². The van der Waals surface area contributed by atoms with E-state index in [-0.39, 0.29) is 18.6 Å². The molecule has 14 heteroatoms. The van der Waals surface area contributed by atoms with Crippen LogP contribution in [0.15, 0.2) is 6.07 Å². The number of aliphatic hydroxyl groups is 1. The number of morpholine rings is 1. The average molecular weight is 610 g/mol. The molecule has 1 heterocycles. The van der Waals surface area contributed by atoms with Gasteiger partial charge in [0.25, 0.3) is 0 Å². The lowest BCUT2D eigenvalue weighted by Crippen LogP contribution is -2.74. The Bertz CT molecular complexity index is 1410. The molecule has 11 nitrogen and oxygen atoms in total. The van der Waals surface area contributed by atoms with E-state index in [1.807, 2.05) is 11.8 Å². The normalized spacial score (nSPS) is 33.3. The number of amides is 1. The van der Waals surface area contributed by atoms with E-state index in [0.717, 1.165) is 6.07 Å². The number of phenolic OH excluding ortho intramolecular Hbond substituents is 1. The number of rotatable bonds is 5. The van der Waals surface area contributed by atoms with Gasteiger partial charge in [-0.15, -0.1) is 0 Å². The number of likely N-dealkylation sites (N-methyl/N-ethyl adjacent to an activating group) is 1. The van der Waals surface area contributed by atoms with E-state index in [9.17, 15) is 47.4 Å². The second kappa shape index (κ2) is 10.8. The van der Waals surface area contributed by atoms with Crippen LogP contribution in [-0.4, -0.2) is 101 Å². The summed E-state index contributed by atoms with van der Waals surface area (Å²) in [6.45, 7) is 2.98. The van der Waals surface area contributed by atoms with Crippen molar-refractivity contribution in [3.05, 3.63) is 28.3 Å². The first-order valence-electron chi connectivity index (χ1n) is 14.2. The molecule has 0 bridgehead atoms. The predicted molar refractivity (Wildman–Crippen MR) is 142 cm³/mol. The second-order valence-corrected chi connectivity index (χ2v) is 12.1. The molecule has 1 saturated heterocycles. The van der Waals surface area contributed by atoms with Crippen molar-refractivity contribution in [3.8, 4) is 5.75 Å². The van der Waals surface area contributed by atoms with E-state index in [4.69, 9.17) is 10.5 Å². The summed E-state index contributed by atoms with van der Waals surface area (Å²) >= 11 is 0. The molecule has 1 aliphatic heterocycles. The van der Waals surface area contributed by atoms with E-state index in [0.29, 0.717) is 26.1 Å². The molecule has 3 aliphatic carbocycles. The molecular weight excluding hydrogens is 575 g/mol. The number of nitrogens with two attached hydrogens (primary N) is 1. The molecule has 43 heavy (non-hydrogen) atoms. The van der Waals surface area contributed by atoms with Gasteiger partial charge in [-0.05, 0) is 63.0 Å². The van der Waals surface area contributed by atoms with Crippen molar-refractivity contribution in [1.82, 2.24) is 9.80 Å². The number of ether oxygens (including phenoxy) is 1. The van der Waals surface area contributed by atoms with Crippen LogP contribution in [0.25, 0.3) is 0 Å². The summed E-state index contributed by atoms with van der Waals surface area (Å²) in [4.78, 5) is 69.6. The number of alkyl halides is 3. The first-order valence-corrected chi connectivity index (χ1v) is 14.2. The van der Waals surface area contributed by atoms with Gasteiger partial charge < -0.3 is 20.7 Å². The number of nitrogens with zero attached hydrogens (tertiary/aromatic N) is 2. The number of ketones is 4. The second-order valence-electron chi connectivity index (χ2n) is 12.1. The predicted octanol–water partition coefficient (Wildman–Crippen LogP) is 0.669. The topological polar surface area (TPSA) is 168 Å². The standard InChI is InChI=1S/C29H34F3N3O8/c1-4-5-35-6-7-43-11-16(35)13-10-17(36)19-14(21(13)29(30,31)32)8-12-9-15-22(34(2)3)24(38)20(27(33)41)26(40)28(15,42)25(39)18(12)23(19)37/h10,12,15-16,18,20,22,36,42H,4-9,11H2,1-3H3,(H2,33,41). The molecular formula is C29H34F3N3O8. The summed E-state index contributed by atoms with van der Waals surface area (Å²) in [7, 11) is 2.85. The van der Waals surface area contributed by atoms with Gasteiger partial charge in [0.05, 0.1) is 42.3 Å². The number of benzene rings is 1. The maximum atomic E-state index is 14.9. The quantitative estimate of drug-likeness (QED) is 0.404. The highest BCUT2D eigenvalue weighted by Crippen LogP contribution is 2.53. The van der Waals surface area contributed by atoms with Gasteiger partial charge in [0.2, 0.25) is 5.91 Å². The molecule has 1 aromatic rings. The van der Waals surface area contributed by atoms with Gasteiger partial charge in [-0.2, -0.15) is 13.2 Å². The summed E-state index contributed by atoms with van der Waals surface area (Å²) < 4.78 is 50.2. The van der Waals surface area contributed by atoms with Gasteiger partial charge in [0.1, 0.15) is 5.75 Å².